The van der Waals surface area contributed by atoms with Crippen LogP contribution in [0.15, 0.2) is 64.1 Å². The molecule has 148 valence electrons. The molecule has 0 unspecified atom stereocenters. The Hall–Kier alpha value is -3.36. The van der Waals surface area contributed by atoms with Crippen LogP contribution in [0, 0.1) is 10.1 Å². The average molecular weight is 434 g/mol. The van der Waals surface area contributed by atoms with Crippen LogP contribution in [0.4, 0.5) is 5.69 Å². The monoisotopic (exact) mass is 433 g/mol. The maximum absolute atomic E-state index is 11.8. The van der Waals surface area contributed by atoms with Crippen molar-refractivity contribution in [2.24, 2.45) is 5.10 Å². The topological polar surface area (TPSA) is 107 Å². The Kier molecular flexibility index (Phi) is 6.48. The fraction of sp³-hybridized carbons (Fsp3) is 0.0526. The highest BCUT2D eigenvalue weighted by Crippen LogP contribution is 2.32. The van der Waals surface area contributed by atoms with E-state index in [1.807, 2.05) is 0 Å². The number of non-ortho nitro benzene ring substituents is 1. The van der Waals surface area contributed by atoms with Crippen molar-refractivity contribution in [2.75, 3.05) is 6.61 Å². The molecule has 0 radical (unpaired) electrons. The molecule has 0 atom stereocenters. The maximum Gasteiger partial charge on any atom is 0.277 e. The first-order valence-corrected chi connectivity index (χ1v) is 8.92. The number of rotatable bonds is 7. The van der Waals surface area contributed by atoms with Crippen LogP contribution in [0.3, 0.4) is 0 Å². The number of nitrogens with zero attached hydrogens (tertiary/aromatic N) is 2. The van der Waals surface area contributed by atoms with Crippen molar-refractivity contribution in [1.82, 2.24) is 5.43 Å². The molecule has 2 aromatic carbocycles. The van der Waals surface area contributed by atoms with E-state index in [1.54, 1.807) is 36.4 Å². The summed E-state index contributed by atoms with van der Waals surface area (Å²) in [6.45, 7) is -0.246. The first-order valence-electron chi connectivity index (χ1n) is 8.17. The predicted molar refractivity (Wildman–Crippen MR) is 108 cm³/mol. The van der Waals surface area contributed by atoms with Gasteiger partial charge in [-0.2, -0.15) is 5.10 Å². The predicted octanol–water partition coefficient (Wildman–Crippen LogP) is 4.69. The van der Waals surface area contributed by atoms with Gasteiger partial charge in [0.2, 0.25) is 0 Å². The summed E-state index contributed by atoms with van der Waals surface area (Å²) in [6, 6.07) is 13.9. The summed E-state index contributed by atoms with van der Waals surface area (Å²) in [5.74, 6) is 0.630. The van der Waals surface area contributed by atoms with Gasteiger partial charge in [-0.05, 0) is 36.4 Å². The van der Waals surface area contributed by atoms with Crippen LogP contribution in [0.1, 0.15) is 5.76 Å². The van der Waals surface area contributed by atoms with Crippen molar-refractivity contribution in [3.05, 3.63) is 80.5 Å². The molecular weight excluding hydrogens is 421 g/mol. The van der Waals surface area contributed by atoms with Crippen molar-refractivity contribution >= 4 is 41.0 Å². The third-order valence-corrected chi connectivity index (χ3v) is 4.16. The normalized spacial score (nSPS) is 10.8. The summed E-state index contributed by atoms with van der Waals surface area (Å²) in [5, 5.41) is 15.5. The van der Waals surface area contributed by atoms with Gasteiger partial charge < -0.3 is 9.15 Å². The van der Waals surface area contributed by atoms with Crippen LogP contribution in [0.25, 0.3) is 11.3 Å². The number of carbonyl (C=O) groups excluding carboxylic acids is 1. The lowest BCUT2D eigenvalue weighted by Gasteiger charge is -2.04. The number of nitro groups is 1. The molecule has 0 aliphatic heterocycles. The third-order valence-electron chi connectivity index (χ3n) is 3.60. The molecule has 0 aliphatic rings. The third kappa shape index (κ3) is 5.56. The van der Waals surface area contributed by atoms with E-state index in [0.29, 0.717) is 32.9 Å². The number of hydrogen-bond acceptors (Lipinski definition) is 6. The van der Waals surface area contributed by atoms with E-state index in [9.17, 15) is 14.9 Å². The van der Waals surface area contributed by atoms with E-state index in [0.717, 1.165) is 0 Å². The van der Waals surface area contributed by atoms with Gasteiger partial charge in [-0.25, -0.2) is 5.43 Å². The maximum atomic E-state index is 11.8. The molecule has 0 aliphatic carbocycles. The Balaban J connectivity index is 1.58. The Morgan fingerprint density at radius 2 is 2.03 bits per heavy atom. The number of hydrogen-bond donors (Lipinski definition) is 1. The summed E-state index contributed by atoms with van der Waals surface area (Å²) < 4.78 is 10.8. The van der Waals surface area contributed by atoms with Gasteiger partial charge in [0.25, 0.3) is 11.6 Å². The molecule has 1 amide bonds. The summed E-state index contributed by atoms with van der Waals surface area (Å²) in [4.78, 5) is 22.2. The van der Waals surface area contributed by atoms with Crippen molar-refractivity contribution in [3.63, 3.8) is 0 Å². The van der Waals surface area contributed by atoms with Crippen LogP contribution in [0.5, 0.6) is 5.75 Å². The van der Waals surface area contributed by atoms with Gasteiger partial charge in [0.1, 0.15) is 17.3 Å². The number of amides is 1. The van der Waals surface area contributed by atoms with Gasteiger partial charge in [-0.3, -0.25) is 14.9 Å². The number of carbonyl (C=O) groups is 1. The minimum absolute atomic E-state index is 0.108. The average Bonchev–Trinajstić information content (AvgIpc) is 3.15. The van der Waals surface area contributed by atoms with Crippen LogP contribution >= 0.6 is 23.2 Å². The van der Waals surface area contributed by atoms with Crippen molar-refractivity contribution < 1.29 is 18.9 Å². The summed E-state index contributed by atoms with van der Waals surface area (Å²) in [5.41, 5.74) is 2.56. The Bertz CT molecular complexity index is 1080. The Morgan fingerprint density at radius 3 is 2.79 bits per heavy atom. The zero-order valence-corrected chi connectivity index (χ0v) is 16.2. The zero-order valence-electron chi connectivity index (χ0n) is 14.7. The molecule has 0 saturated heterocycles. The second-order valence-corrected chi connectivity index (χ2v) is 6.51. The van der Waals surface area contributed by atoms with Gasteiger partial charge in [-0.1, -0.05) is 29.3 Å². The summed E-state index contributed by atoms with van der Waals surface area (Å²) in [7, 11) is 0. The summed E-state index contributed by atoms with van der Waals surface area (Å²) >= 11 is 11.9. The lowest BCUT2D eigenvalue weighted by atomic mass is 10.1. The minimum atomic E-state index is -0.522. The van der Waals surface area contributed by atoms with E-state index in [4.69, 9.17) is 32.4 Å². The Labute approximate surface area is 174 Å². The first kappa shape index (κ1) is 20.4. The van der Waals surface area contributed by atoms with Gasteiger partial charge in [-0.15, -0.1) is 0 Å². The molecule has 1 N–H and O–H groups in total. The lowest BCUT2D eigenvalue weighted by molar-refractivity contribution is -0.384. The molecule has 0 saturated carbocycles. The van der Waals surface area contributed by atoms with Gasteiger partial charge in [0.05, 0.1) is 16.2 Å². The number of halogens is 2. The van der Waals surface area contributed by atoms with E-state index in [2.05, 4.69) is 10.5 Å². The van der Waals surface area contributed by atoms with E-state index in [-0.39, 0.29) is 12.3 Å². The van der Waals surface area contributed by atoms with Gasteiger partial charge in [0, 0.05) is 22.7 Å². The number of nitrogens with one attached hydrogen (secondary N) is 1. The van der Waals surface area contributed by atoms with Gasteiger partial charge in [0.15, 0.2) is 6.61 Å². The molecule has 29 heavy (non-hydrogen) atoms. The highest BCUT2D eigenvalue weighted by molar-refractivity contribution is 6.33. The SMILES string of the molecule is O=C(COc1cccc(Cl)c1)N/N=C/c1ccc(-c2cc([N+](=O)[O-])ccc2Cl)o1. The smallest absolute Gasteiger partial charge is 0.277 e. The van der Waals surface area contributed by atoms with Crippen molar-refractivity contribution in [3.8, 4) is 17.1 Å². The highest BCUT2D eigenvalue weighted by atomic mass is 35.5. The van der Waals surface area contributed by atoms with Crippen molar-refractivity contribution in [2.45, 2.75) is 0 Å². The van der Waals surface area contributed by atoms with E-state index < -0.39 is 10.8 Å². The zero-order chi connectivity index (χ0) is 20.8. The van der Waals surface area contributed by atoms with Crippen LogP contribution in [-0.4, -0.2) is 23.7 Å². The van der Waals surface area contributed by atoms with Crippen molar-refractivity contribution in [1.29, 1.82) is 0 Å². The minimum Gasteiger partial charge on any atom is -0.484 e. The number of nitro benzene ring substituents is 1. The second-order valence-electron chi connectivity index (χ2n) is 5.66. The van der Waals surface area contributed by atoms with E-state index >= 15 is 0 Å². The largest absolute Gasteiger partial charge is 0.484 e. The Morgan fingerprint density at radius 1 is 1.21 bits per heavy atom. The molecule has 8 nitrogen and oxygen atoms in total. The number of ether oxygens (including phenoxy) is 1. The van der Waals surface area contributed by atoms with Crippen LogP contribution in [0.2, 0.25) is 10.0 Å². The standard InChI is InChI=1S/C19H13Cl2N3O5/c20-12-2-1-3-14(8-12)28-11-19(25)23-22-10-15-5-7-18(29-15)16-9-13(24(26)27)4-6-17(16)21/h1-10H,11H2,(H,23,25)/b22-10+. The molecule has 1 aromatic heterocycles. The molecule has 3 aromatic rings. The lowest BCUT2D eigenvalue weighted by Crippen LogP contribution is -2.24. The second kappa shape index (κ2) is 9.22. The molecule has 0 fully saturated rings. The molecule has 0 bridgehead atoms. The molecule has 10 heteroatoms. The molecule has 3 rings (SSSR count). The van der Waals surface area contributed by atoms with E-state index in [1.165, 1.54) is 24.4 Å². The summed E-state index contributed by atoms with van der Waals surface area (Å²) in [6.07, 6.45) is 1.28. The van der Waals surface area contributed by atoms with Crippen LogP contribution in [-0.2, 0) is 4.79 Å². The van der Waals surface area contributed by atoms with Gasteiger partial charge >= 0.3 is 0 Å². The van der Waals surface area contributed by atoms with Crippen LogP contribution < -0.4 is 10.2 Å². The highest BCUT2D eigenvalue weighted by Gasteiger charge is 2.14. The molecule has 1 heterocycles. The number of hydrazone groups is 1. The molecular formula is C19H13Cl2N3O5. The fourth-order valence-electron chi connectivity index (χ4n) is 2.29. The quantitative estimate of drug-likeness (QED) is 0.330. The number of furan rings is 1. The first-order chi connectivity index (χ1) is 13.9. The molecule has 0 spiro atoms. The number of benzene rings is 2. The fourth-order valence-corrected chi connectivity index (χ4v) is 2.68.